The summed E-state index contributed by atoms with van der Waals surface area (Å²) in [5.41, 5.74) is 4.77. The van der Waals surface area contributed by atoms with E-state index < -0.39 is 10.0 Å². The van der Waals surface area contributed by atoms with Gasteiger partial charge in [-0.25, -0.2) is 18.4 Å². The fourth-order valence-corrected chi connectivity index (χ4v) is 5.34. The molecule has 166 valence electrons. The molecule has 0 radical (unpaired) electrons. The molecule has 7 nitrogen and oxygen atoms in total. The fraction of sp³-hybridized carbons (Fsp3) is 0.240. The van der Waals surface area contributed by atoms with Gasteiger partial charge in [-0.2, -0.15) is 5.26 Å². The van der Waals surface area contributed by atoms with E-state index in [4.69, 9.17) is 0 Å². The smallest absolute Gasteiger partial charge is 0.232 e. The van der Waals surface area contributed by atoms with Crippen LogP contribution in [0.25, 0.3) is 33.5 Å². The minimum atomic E-state index is -3.36. The fourth-order valence-electron chi connectivity index (χ4n) is 4.20. The van der Waals surface area contributed by atoms with E-state index >= 15 is 0 Å². The van der Waals surface area contributed by atoms with Gasteiger partial charge in [0.2, 0.25) is 10.0 Å². The van der Waals surface area contributed by atoms with Crippen LogP contribution in [0.15, 0.2) is 60.9 Å². The van der Waals surface area contributed by atoms with Crippen molar-refractivity contribution in [1.82, 2.24) is 14.5 Å². The van der Waals surface area contributed by atoms with Gasteiger partial charge in [-0.15, -0.1) is 0 Å². The Morgan fingerprint density at radius 3 is 2.42 bits per heavy atom. The average molecular weight is 458 g/mol. The Labute approximate surface area is 192 Å². The number of rotatable bonds is 7. The topological polar surface area (TPSA) is 101 Å². The lowest BCUT2D eigenvalue weighted by Gasteiger charge is -2.12. The van der Waals surface area contributed by atoms with Crippen LogP contribution in [0, 0.1) is 11.3 Å². The maximum Gasteiger partial charge on any atom is 0.232 e. The second-order valence-electron chi connectivity index (χ2n) is 8.24. The number of nitrogens with zero attached hydrogens (tertiary/aromatic N) is 4. The second kappa shape index (κ2) is 8.34. The molecule has 1 N–H and O–H groups in total. The molecule has 2 aromatic carbocycles. The minimum absolute atomic E-state index is 0.0801. The normalized spacial score (nSPS) is 13.7. The van der Waals surface area contributed by atoms with E-state index in [0.29, 0.717) is 29.5 Å². The van der Waals surface area contributed by atoms with Crippen LogP contribution in [0.5, 0.6) is 0 Å². The first kappa shape index (κ1) is 21.2. The van der Waals surface area contributed by atoms with Crippen LogP contribution < -0.4 is 4.72 Å². The molecule has 1 aliphatic carbocycles. The van der Waals surface area contributed by atoms with Crippen LogP contribution >= 0.6 is 0 Å². The van der Waals surface area contributed by atoms with Crippen molar-refractivity contribution >= 4 is 26.6 Å². The third-order valence-electron chi connectivity index (χ3n) is 5.76. The zero-order valence-corrected chi connectivity index (χ0v) is 19.0. The molecule has 0 unspecified atom stereocenters. The number of aromatic nitrogens is 3. The monoisotopic (exact) mass is 457 g/mol. The Morgan fingerprint density at radius 2 is 1.79 bits per heavy atom. The Kier molecular flexibility index (Phi) is 5.35. The maximum atomic E-state index is 12.1. The summed E-state index contributed by atoms with van der Waals surface area (Å²) in [6.07, 6.45) is 6.10. The third kappa shape index (κ3) is 4.08. The Balaban J connectivity index is 1.62. The number of hydrogen-bond donors (Lipinski definition) is 1. The lowest BCUT2D eigenvalue weighted by Crippen LogP contribution is -2.15. The number of sulfonamides is 1. The van der Waals surface area contributed by atoms with Crippen molar-refractivity contribution in [2.45, 2.75) is 32.2 Å². The summed E-state index contributed by atoms with van der Waals surface area (Å²) < 4.78 is 29.1. The van der Waals surface area contributed by atoms with Crippen molar-refractivity contribution in [3.8, 4) is 28.7 Å². The minimum Gasteiger partial charge on any atom is -0.336 e. The van der Waals surface area contributed by atoms with Gasteiger partial charge in [-0.1, -0.05) is 31.2 Å². The summed E-state index contributed by atoms with van der Waals surface area (Å²) >= 11 is 0. The zero-order chi connectivity index (χ0) is 23.0. The van der Waals surface area contributed by atoms with E-state index in [-0.39, 0.29) is 5.75 Å². The molecule has 1 fully saturated rings. The number of nitriles is 1. The predicted molar refractivity (Wildman–Crippen MR) is 129 cm³/mol. The highest BCUT2D eigenvalue weighted by Crippen LogP contribution is 2.45. The largest absolute Gasteiger partial charge is 0.336 e. The van der Waals surface area contributed by atoms with Gasteiger partial charge in [0, 0.05) is 35.1 Å². The van der Waals surface area contributed by atoms with Crippen molar-refractivity contribution in [3.05, 3.63) is 66.5 Å². The highest BCUT2D eigenvalue weighted by molar-refractivity contribution is 7.92. The summed E-state index contributed by atoms with van der Waals surface area (Å²) in [4.78, 5) is 8.73. The van der Waals surface area contributed by atoms with Gasteiger partial charge in [0.1, 0.15) is 6.07 Å². The van der Waals surface area contributed by atoms with Crippen molar-refractivity contribution in [1.29, 1.82) is 5.26 Å². The first-order valence-electron chi connectivity index (χ1n) is 11.0. The van der Waals surface area contributed by atoms with Gasteiger partial charge < -0.3 is 4.57 Å². The third-order valence-corrected chi connectivity index (χ3v) is 7.25. The number of nitrogens with one attached hydrogen (secondary N) is 1. The SMILES string of the molecule is CCCS(=O)(=O)Nc1ccc(-c2c(C#N)c3ccc(-c4ncccn4)cc3n2C2CC2)cc1. The molecular weight excluding hydrogens is 434 g/mol. The second-order valence-corrected chi connectivity index (χ2v) is 10.1. The lowest BCUT2D eigenvalue weighted by atomic mass is 10.0. The maximum absolute atomic E-state index is 12.1. The average Bonchev–Trinajstić information content (AvgIpc) is 3.60. The van der Waals surface area contributed by atoms with Crippen molar-refractivity contribution in [2.75, 3.05) is 10.5 Å². The Bertz CT molecular complexity index is 1470. The van der Waals surface area contributed by atoms with E-state index in [1.807, 2.05) is 31.2 Å². The molecule has 8 heteroatoms. The van der Waals surface area contributed by atoms with E-state index in [1.54, 1.807) is 30.6 Å². The first-order chi connectivity index (χ1) is 16.0. The predicted octanol–water partition coefficient (Wildman–Crippen LogP) is 5.12. The molecule has 4 aromatic rings. The molecular formula is C25H23N5O2S. The van der Waals surface area contributed by atoms with Gasteiger partial charge in [-0.05, 0) is 49.1 Å². The summed E-state index contributed by atoms with van der Waals surface area (Å²) in [5, 5.41) is 11.0. The van der Waals surface area contributed by atoms with Crippen LogP contribution in [-0.2, 0) is 10.0 Å². The van der Waals surface area contributed by atoms with Crippen molar-refractivity contribution in [3.63, 3.8) is 0 Å². The first-order valence-corrected chi connectivity index (χ1v) is 12.6. The summed E-state index contributed by atoms with van der Waals surface area (Å²) in [7, 11) is -3.36. The van der Waals surface area contributed by atoms with Crippen LogP contribution in [0.4, 0.5) is 5.69 Å². The van der Waals surface area contributed by atoms with Gasteiger partial charge >= 0.3 is 0 Å². The van der Waals surface area contributed by atoms with Crippen molar-refractivity contribution in [2.24, 2.45) is 0 Å². The van der Waals surface area contributed by atoms with Crippen LogP contribution in [-0.4, -0.2) is 28.7 Å². The van der Waals surface area contributed by atoms with Gasteiger partial charge in [-0.3, -0.25) is 4.72 Å². The van der Waals surface area contributed by atoms with Crippen LogP contribution in [0.2, 0.25) is 0 Å². The number of benzene rings is 2. The highest BCUT2D eigenvalue weighted by atomic mass is 32.2. The van der Waals surface area contributed by atoms with Crippen LogP contribution in [0.1, 0.15) is 37.8 Å². The van der Waals surface area contributed by atoms with Gasteiger partial charge in [0.25, 0.3) is 0 Å². The van der Waals surface area contributed by atoms with E-state index in [2.05, 4.69) is 31.4 Å². The quantitative estimate of drug-likeness (QED) is 0.415. The Morgan fingerprint density at radius 1 is 1.09 bits per heavy atom. The lowest BCUT2D eigenvalue weighted by molar-refractivity contribution is 0.600. The Hall–Kier alpha value is -3.70. The highest BCUT2D eigenvalue weighted by Gasteiger charge is 2.30. The summed E-state index contributed by atoms with van der Waals surface area (Å²) in [6.45, 7) is 1.83. The molecule has 0 atom stereocenters. The molecule has 0 spiro atoms. The van der Waals surface area contributed by atoms with Crippen molar-refractivity contribution < 1.29 is 8.42 Å². The summed E-state index contributed by atoms with van der Waals surface area (Å²) in [5.74, 6) is 0.725. The van der Waals surface area contributed by atoms with Gasteiger partial charge in [0.15, 0.2) is 5.82 Å². The molecule has 0 amide bonds. The standard InChI is InChI=1S/C25H23N5O2S/c1-2-14-33(31,32)29-19-7-4-17(5-8-19)24-22(16-26)21-11-6-18(25-27-12-3-13-28-25)15-23(21)30(24)20-9-10-20/h3-8,11-13,15,20,29H,2,9-10,14H2,1H3. The number of hydrogen-bond acceptors (Lipinski definition) is 5. The zero-order valence-electron chi connectivity index (χ0n) is 18.2. The molecule has 2 heterocycles. The van der Waals surface area contributed by atoms with Crippen LogP contribution in [0.3, 0.4) is 0 Å². The molecule has 0 bridgehead atoms. The molecule has 5 rings (SSSR count). The summed E-state index contributed by atoms with van der Waals surface area (Å²) in [6, 6.07) is 17.7. The van der Waals surface area contributed by atoms with E-state index in [1.165, 1.54) is 0 Å². The van der Waals surface area contributed by atoms with E-state index in [0.717, 1.165) is 40.6 Å². The van der Waals surface area contributed by atoms with Gasteiger partial charge in [0.05, 0.1) is 22.5 Å². The molecule has 0 saturated heterocycles. The molecule has 1 aliphatic rings. The molecule has 1 saturated carbocycles. The molecule has 33 heavy (non-hydrogen) atoms. The molecule has 0 aliphatic heterocycles. The number of anilines is 1. The van der Waals surface area contributed by atoms with E-state index in [9.17, 15) is 13.7 Å². The molecule has 2 aromatic heterocycles. The number of fused-ring (bicyclic) bond motifs is 1.